The number of hydrogen-bond donors (Lipinski definition) is 2. The molecule has 88 valence electrons. The van der Waals surface area contributed by atoms with Crippen LogP contribution >= 0.6 is 0 Å². The van der Waals surface area contributed by atoms with Crippen LogP contribution in [0.2, 0.25) is 0 Å². The SMILES string of the molecule is Cc1nc(NCCC(=O)N(C)C)ccc1N. The van der Waals surface area contributed by atoms with Crippen LogP contribution in [-0.2, 0) is 4.79 Å². The number of anilines is 2. The Kier molecular flexibility index (Phi) is 4.10. The van der Waals surface area contributed by atoms with Crippen molar-refractivity contribution in [2.75, 3.05) is 31.7 Å². The highest BCUT2D eigenvalue weighted by atomic mass is 16.2. The summed E-state index contributed by atoms with van der Waals surface area (Å²) in [5, 5.41) is 3.08. The standard InChI is InChI=1S/C11H18N4O/c1-8-9(12)4-5-10(14-8)13-7-6-11(16)15(2)3/h4-5H,6-7,12H2,1-3H3,(H,13,14). The molecular weight excluding hydrogens is 204 g/mol. The number of pyridine rings is 1. The van der Waals surface area contributed by atoms with E-state index in [4.69, 9.17) is 5.73 Å². The number of nitrogens with zero attached hydrogens (tertiary/aromatic N) is 2. The lowest BCUT2D eigenvalue weighted by molar-refractivity contribution is -0.128. The van der Waals surface area contributed by atoms with Gasteiger partial charge in [0.2, 0.25) is 5.91 Å². The first kappa shape index (κ1) is 12.3. The molecule has 0 atom stereocenters. The average molecular weight is 222 g/mol. The van der Waals surface area contributed by atoms with Gasteiger partial charge in [0.1, 0.15) is 5.82 Å². The maximum absolute atomic E-state index is 11.3. The second kappa shape index (κ2) is 5.34. The third-order valence-corrected chi connectivity index (χ3v) is 2.27. The number of hydrogen-bond acceptors (Lipinski definition) is 4. The molecule has 1 heterocycles. The van der Waals surface area contributed by atoms with E-state index in [0.29, 0.717) is 18.7 Å². The lowest BCUT2D eigenvalue weighted by Crippen LogP contribution is -2.24. The van der Waals surface area contributed by atoms with E-state index in [9.17, 15) is 4.79 Å². The molecule has 0 saturated carbocycles. The van der Waals surface area contributed by atoms with Gasteiger partial charge in [-0.1, -0.05) is 0 Å². The number of amides is 1. The molecule has 0 fully saturated rings. The molecule has 0 bridgehead atoms. The first-order valence-corrected chi connectivity index (χ1v) is 5.18. The van der Waals surface area contributed by atoms with Crippen molar-refractivity contribution < 1.29 is 4.79 Å². The van der Waals surface area contributed by atoms with Crippen LogP contribution in [0, 0.1) is 6.92 Å². The highest BCUT2D eigenvalue weighted by Crippen LogP contribution is 2.11. The van der Waals surface area contributed by atoms with Gasteiger partial charge in [-0.25, -0.2) is 4.98 Å². The molecule has 1 amide bonds. The summed E-state index contributed by atoms with van der Waals surface area (Å²) >= 11 is 0. The van der Waals surface area contributed by atoms with Gasteiger partial charge < -0.3 is 16.0 Å². The quantitative estimate of drug-likeness (QED) is 0.792. The van der Waals surface area contributed by atoms with Crippen molar-refractivity contribution in [1.82, 2.24) is 9.88 Å². The Morgan fingerprint density at radius 2 is 2.19 bits per heavy atom. The van der Waals surface area contributed by atoms with Crippen molar-refractivity contribution in [3.05, 3.63) is 17.8 Å². The molecule has 0 spiro atoms. The molecule has 0 unspecified atom stereocenters. The van der Waals surface area contributed by atoms with E-state index >= 15 is 0 Å². The second-order valence-electron chi connectivity index (χ2n) is 3.84. The maximum Gasteiger partial charge on any atom is 0.223 e. The van der Waals surface area contributed by atoms with Crippen LogP contribution < -0.4 is 11.1 Å². The van der Waals surface area contributed by atoms with E-state index in [1.54, 1.807) is 25.1 Å². The molecule has 1 aromatic heterocycles. The van der Waals surface area contributed by atoms with Crippen LogP contribution in [0.1, 0.15) is 12.1 Å². The molecule has 0 radical (unpaired) electrons. The van der Waals surface area contributed by atoms with Gasteiger partial charge >= 0.3 is 0 Å². The van der Waals surface area contributed by atoms with E-state index in [-0.39, 0.29) is 5.91 Å². The van der Waals surface area contributed by atoms with E-state index in [1.165, 1.54) is 0 Å². The van der Waals surface area contributed by atoms with Crippen molar-refractivity contribution in [3.63, 3.8) is 0 Å². The molecule has 0 aliphatic rings. The summed E-state index contributed by atoms with van der Waals surface area (Å²) in [6.07, 6.45) is 0.456. The molecular formula is C11H18N4O. The second-order valence-corrected chi connectivity index (χ2v) is 3.84. The van der Waals surface area contributed by atoms with Crippen molar-refractivity contribution in [3.8, 4) is 0 Å². The smallest absolute Gasteiger partial charge is 0.223 e. The highest BCUT2D eigenvalue weighted by Gasteiger charge is 2.03. The fourth-order valence-corrected chi connectivity index (χ4v) is 1.19. The Labute approximate surface area is 95.7 Å². The van der Waals surface area contributed by atoms with Gasteiger partial charge in [-0.05, 0) is 19.1 Å². The van der Waals surface area contributed by atoms with Crippen LogP contribution in [0.25, 0.3) is 0 Å². The fourth-order valence-electron chi connectivity index (χ4n) is 1.19. The first-order chi connectivity index (χ1) is 7.50. The minimum absolute atomic E-state index is 0.0969. The van der Waals surface area contributed by atoms with Crippen LogP contribution in [0.5, 0.6) is 0 Å². The Bertz CT molecular complexity index is 376. The fraction of sp³-hybridized carbons (Fsp3) is 0.455. The molecule has 1 rings (SSSR count). The van der Waals surface area contributed by atoms with Gasteiger partial charge in [0.05, 0.1) is 11.4 Å². The van der Waals surface area contributed by atoms with E-state index in [1.807, 2.05) is 13.0 Å². The van der Waals surface area contributed by atoms with Gasteiger partial charge in [0, 0.05) is 27.1 Å². The Balaban J connectivity index is 2.43. The Hall–Kier alpha value is -1.78. The molecule has 5 heteroatoms. The number of carbonyl (C=O) groups excluding carboxylic acids is 1. The zero-order chi connectivity index (χ0) is 12.1. The van der Waals surface area contributed by atoms with Crippen LogP contribution in [0.3, 0.4) is 0 Å². The Morgan fingerprint density at radius 1 is 1.50 bits per heavy atom. The minimum atomic E-state index is 0.0969. The first-order valence-electron chi connectivity index (χ1n) is 5.18. The van der Waals surface area contributed by atoms with E-state index in [0.717, 1.165) is 11.5 Å². The predicted molar refractivity (Wildman–Crippen MR) is 65.2 cm³/mol. The van der Waals surface area contributed by atoms with Gasteiger partial charge in [-0.3, -0.25) is 4.79 Å². The number of rotatable bonds is 4. The predicted octanol–water partition coefficient (Wildman–Crippen LogP) is 0.862. The summed E-state index contributed by atoms with van der Waals surface area (Å²) in [5.41, 5.74) is 7.13. The van der Waals surface area contributed by atoms with Crippen molar-refractivity contribution in [2.24, 2.45) is 0 Å². The number of nitrogens with one attached hydrogen (secondary N) is 1. The normalized spacial score (nSPS) is 9.94. The zero-order valence-corrected chi connectivity index (χ0v) is 9.95. The molecule has 0 saturated heterocycles. The van der Waals surface area contributed by atoms with Gasteiger partial charge in [0.25, 0.3) is 0 Å². The number of nitrogen functional groups attached to an aromatic ring is 1. The molecule has 0 aromatic carbocycles. The number of aryl methyl sites for hydroxylation is 1. The zero-order valence-electron chi connectivity index (χ0n) is 9.95. The lowest BCUT2D eigenvalue weighted by atomic mass is 10.3. The average Bonchev–Trinajstić information content (AvgIpc) is 2.23. The molecule has 0 aliphatic heterocycles. The summed E-state index contributed by atoms with van der Waals surface area (Å²) in [6, 6.07) is 3.61. The number of aromatic nitrogens is 1. The molecule has 0 aliphatic carbocycles. The minimum Gasteiger partial charge on any atom is -0.397 e. The lowest BCUT2D eigenvalue weighted by Gasteiger charge is -2.11. The molecule has 16 heavy (non-hydrogen) atoms. The van der Waals surface area contributed by atoms with Crippen molar-refractivity contribution in [2.45, 2.75) is 13.3 Å². The topological polar surface area (TPSA) is 71.2 Å². The summed E-state index contributed by atoms with van der Waals surface area (Å²) in [6.45, 7) is 2.43. The maximum atomic E-state index is 11.3. The van der Waals surface area contributed by atoms with Crippen LogP contribution in [0.15, 0.2) is 12.1 Å². The third-order valence-electron chi connectivity index (χ3n) is 2.27. The van der Waals surface area contributed by atoms with E-state index < -0.39 is 0 Å². The van der Waals surface area contributed by atoms with Gasteiger partial charge in [-0.15, -0.1) is 0 Å². The molecule has 5 nitrogen and oxygen atoms in total. The van der Waals surface area contributed by atoms with Gasteiger partial charge in [0.15, 0.2) is 0 Å². The molecule has 3 N–H and O–H groups in total. The van der Waals surface area contributed by atoms with E-state index in [2.05, 4.69) is 10.3 Å². The number of carbonyl (C=O) groups is 1. The Morgan fingerprint density at radius 3 is 2.75 bits per heavy atom. The van der Waals surface area contributed by atoms with Crippen LogP contribution in [0.4, 0.5) is 11.5 Å². The summed E-state index contributed by atoms with van der Waals surface area (Å²) in [7, 11) is 3.49. The van der Waals surface area contributed by atoms with Crippen molar-refractivity contribution >= 4 is 17.4 Å². The summed E-state index contributed by atoms with van der Waals surface area (Å²) < 4.78 is 0. The van der Waals surface area contributed by atoms with Crippen LogP contribution in [-0.4, -0.2) is 36.4 Å². The monoisotopic (exact) mass is 222 g/mol. The largest absolute Gasteiger partial charge is 0.397 e. The molecule has 1 aromatic rings. The van der Waals surface area contributed by atoms with Crippen molar-refractivity contribution in [1.29, 1.82) is 0 Å². The van der Waals surface area contributed by atoms with Gasteiger partial charge in [-0.2, -0.15) is 0 Å². The highest BCUT2D eigenvalue weighted by molar-refractivity contribution is 5.76. The third kappa shape index (κ3) is 3.42. The number of nitrogens with two attached hydrogens (primary N) is 1. The summed E-state index contributed by atoms with van der Waals surface area (Å²) in [5.74, 6) is 0.845. The summed E-state index contributed by atoms with van der Waals surface area (Å²) in [4.78, 5) is 17.1.